The topological polar surface area (TPSA) is 129 Å². The van der Waals surface area contributed by atoms with E-state index in [0.29, 0.717) is 42.4 Å². The number of carboxylic acid groups (broad SMARTS) is 1. The van der Waals surface area contributed by atoms with E-state index in [1.165, 1.54) is 11.0 Å². The number of carbonyl (C=O) groups is 5. The van der Waals surface area contributed by atoms with Crippen LogP contribution in [0.15, 0.2) is 69.8 Å². The number of nitrogens with zero attached hydrogens (tertiary/aromatic N) is 1. The molecule has 1 aliphatic heterocycles. The molecule has 41 heavy (non-hydrogen) atoms. The number of carbonyl (C=O) groups excluding carboxylic acids is 4. The fourth-order valence-corrected chi connectivity index (χ4v) is 7.58. The van der Waals surface area contributed by atoms with Gasteiger partial charge >= 0.3 is 5.97 Å². The van der Waals surface area contributed by atoms with Crippen LogP contribution in [0.3, 0.4) is 0 Å². The molecule has 4 aliphatic rings. The van der Waals surface area contributed by atoms with E-state index in [9.17, 15) is 29.1 Å². The molecular formula is C32H28BrNO7. The molecule has 2 aromatic rings. The Morgan fingerprint density at radius 3 is 2.54 bits per heavy atom. The molecule has 210 valence electrons. The van der Waals surface area contributed by atoms with Gasteiger partial charge in [0.2, 0.25) is 11.8 Å². The number of aliphatic carboxylic acids is 1. The van der Waals surface area contributed by atoms with Crippen molar-refractivity contribution in [2.45, 2.75) is 44.4 Å². The number of imide groups is 1. The van der Waals surface area contributed by atoms with Crippen molar-refractivity contribution in [3.63, 3.8) is 0 Å². The van der Waals surface area contributed by atoms with Crippen LogP contribution in [0.25, 0.3) is 10.8 Å². The van der Waals surface area contributed by atoms with E-state index < -0.39 is 29.6 Å². The number of aromatic hydroxyl groups is 1. The Bertz CT molecular complexity index is 1630. The summed E-state index contributed by atoms with van der Waals surface area (Å²) in [4.78, 5) is 66.3. The lowest BCUT2D eigenvalue weighted by atomic mass is 9.59. The summed E-state index contributed by atoms with van der Waals surface area (Å²) in [5, 5.41) is 21.7. The molecule has 2 N–H and O–H groups in total. The van der Waals surface area contributed by atoms with E-state index in [-0.39, 0.29) is 53.0 Å². The second-order valence-electron chi connectivity index (χ2n) is 11.1. The SMILES string of the molecule is O=C(O)CCCCCN1C(=O)[C@H]2[C@H](CC=C3[C@H](c4c(O)ccc5ccccc45)C4=C(C[C@H]32)C(=O)C(Br)=CC4=O)C1=O. The average Bonchev–Trinajstić information content (AvgIpc) is 3.19. The summed E-state index contributed by atoms with van der Waals surface area (Å²) in [5.74, 6) is -4.52. The molecule has 0 radical (unpaired) electrons. The lowest BCUT2D eigenvalue weighted by Gasteiger charge is -2.42. The second-order valence-corrected chi connectivity index (χ2v) is 12.0. The van der Waals surface area contributed by atoms with E-state index in [4.69, 9.17) is 5.11 Å². The minimum Gasteiger partial charge on any atom is -0.508 e. The molecule has 0 unspecified atom stereocenters. The number of phenols is 1. The summed E-state index contributed by atoms with van der Waals surface area (Å²) in [6.07, 6.45) is 5.31. The van der Waals surface area contributed by atoms with Crippen LogP contribution in [0.2, 0.25) is 0 Å². The summed E-state index contributed by atoms with van der Waals surface area (Å²) in [5.41, 5.74) is 1.94. The number of rotatable bonds is 7. The smallest absolute Gasteiger partial charge is 0.303 e. The monoisotopic (exact) mass is 617 g/mol. The van der Waals surface area contributed by atoms with E-state index in [0.717, 1.165) is 16.3 Å². The molecule has 0 spiro atoms. The zero-order chi connectivity index (χ0) is 29.0. The highest BCUT2D eigenvalue weighted by atomic mass is 79.9. The summed E-state index contributed by atoms with van der Waals surface area (Å²) in [6, 6.07) is 10.9. The zero-order valence-electron chi connectivity index (χ0n) is 22.1. The first-order chi connectivity index (χ1) is 19.7. The fraction of sp³-hybridized carbons (Fsp3) is 0.344. The predicted octanol–water partition coefficient (Wildman–Crippen LogP) is 4.95. The van der Waals surface area contributed by atoms with Gasteiger partial charge in [-0.25, -0.2) is 0 Å². The Morgan fingerprint density at radius 2 is 1.76 bits per heavy atom. The lowest BCUT2D eigenvalue weighted by Crippen LogP contribution is -2.39. The van der Waals surface area contributed by atoms with E-state index in [2.05, 4.69) is 15.9 Å². The number of amides is 2. The van der Waals surface area contributed by atoms with Crippen LogP contribution in [-0.4, -0.2) is 51.0 Å². The number of allylic oxidation sites excluding steroid dienone is 6. The lowest BCUT2D eigenvalue weighted by molar-refractivity contribution is -0.141. The van der Waals surface area contributed by atoms with Gasteiger partial charge in [-0.3, -0.25) is 28.9 Å². The van der Waals surface area contributed by atoms with Crippen molar-refractivity contribution in [2.75, 3.05) is 6.54 Å². The molecule has 2 aromatic carbocycles. The first-order valence-electron chi connectivity index (χ1n) is 13.9. The van der Waals surface area contributed by atoms with Gasteiger partial charge in [-0.2, -0.15) is 0 Å². The standard InChI is InChI=1S/C32H28BrNO7/c33-22-15-24(36)28-21(30(22)39)14-20-18(29(28)27-17-7-4-3-6-16(17)9-12-23(27)35)10-11-19-26(20)32(41)34(31(19)40)13-5-1-2-8-25(37)38/h3-4,6-7,9-10,12,15,19-20,26,29,35H,1-2,5,8,11,13-14H2,(H,37,38)/t19-,20+,26-,29+/m0/s1. The fourth-order valence-electron chi connectivity index (χ4n) is 7.13. The number of unbranched alkanes of at least 4 members (excludes halogenated alkanes) is 2. The number of fused-ring (bicyclic) bond motifs is 4. The number of phenolic OH excluding ortho intramolecular Hbond substituents is 1. The molecule has 4 atom stereocenters. The maximum absolute atomic E-state index is 13.8. The minimum atomic E-state index is -0.877. The van der Waals surface area contributed by atoms with Crippen molar-refractivity contribution in [3.05, 3.63) is 75.3 Å². The first kappa shape index (κ1) is 27.3. The Balaban J connectivity index is 1.42. The molecule has 2 amide bonds. The summed E-state index contributed by atoms with van der Waals surface area (Å²) >= 11 is 3.24. The highest BCUT2D eigenvalue weighted by Crippen LogP contribution is 2.57. The average molecular weight is 618 g/mol. The van der Waals surface area contributed by atoms with Crippen molar-refractivity contribution in [2.24, 2.45) is 17.8 Å². The van der Waals surface area contributed by atoms with Gasteiger partial charge in [0.05, 0.1) is 16.3 Å². The normalized spacial score (nSPS) is 25.6. The van der Waals surface area contributed by atoms with Crippen molar-refractivity contribution in [1.29, 1.82) is 0 Å². The third-order valence-electron chi connectivity index (χ3n) is 8.93. The first-order valence-corrected chi connectivity index (χ1v) is 14.6. The summed E-state index contributed by atoms with van der Waals surface area (Å²) in [7, 11) is 0. The van der Waals surface area contributed by atoms with Crippen molar-refractivity contribution in [1.82, 2.24) is 4.90 Å². The number of halogens is 1. The largest absolute Gasteiger partial charge is 0.508 e. The molecule has 0 saturated carbocycles. The number of benzene rings is 2. The number of likely N-dealkylation sites (tertiary alicyclic amines) is 1. The van der Waals surface area contributed by atoms with Gasteiger partial charge < -0.3 is 10.2 Å². The number of carboxylic acids is 1. The van der Waals surface area contributed by atoms with Gasteiger partial charge in [-0.05, 0) is 64.4 Å². The van der Waals surface area contributed by atoms with Gasteiger partial charge in [0, 0.05) is 41.7 Å². The van der Waals surface area contributed by atoms with Gasteiger partial charge in [0.25, 0.3) is 0 Å². The zero-order valence-corrected chi connectivity index (χ0v) is 23.7. The van der Waals surface area contributed by atoms with Crippen LogP contribution in [0.5, 0.6) is 5.75 Å². The van der Waals surface area contributed by atoms with Gasteiger partial charge in [-0.1, -0.05) is 48.4 Å². The maximum atomic E-state index is 13.8. The highest BCUT2D eigenvalue weighted by molar-refractivity contribution is 9.12. The van der Waals surface area contributed by atoms with Crippen molar-refractivity contribution < 1.29 is 34.2 Å². The molecule has 0 aromatic heterocycles. The molecular weight excluding hydrogens is 590 g/mol. The Morgan fingerprint density at radius 1 is 0.976 bits per heavy atom. The van der Waals surface area contributed by atoms with Gasteiger partial charge in [0.1, 0.15) is 5.75 Å². The molecule has 3 aliphatic carbocycles. The van der Waals surface area contributed by atoms with Gasteiger partial charge in [0.15, 0.2) is 11.6 Å². The Labute approximate surface area is 244 Å². The molecule has 1 heterocycles. The van der Waals surface area contributed by atoms with Crippen LogP contribution in [0.1, 0.15) is 50.0 Å². The molecule has 1 saturated heterocycles. The van der Waals surface area contributed by atoms with Crippen LogP contribution in [0, 0.1) is 17.8 Å². The highest BCUT2D eigenvalue weighted by Gasteiger charge is 2.56. The summed E-state index contributed by atoms with van der Waals surface area (Å²) < 4.78 is 0.152. The molecule has 6 rings (SSSR count). The summed E-state index contributed by atoms with van der Waals surface area (Å²) in [6.45, 7) is 0.222. The van der Waals surface area contributed by atoms with E-state index in [1.54, 1.807) is 12.1 Å². The van der Waals surface area contributed by atoms with Crippen molar-refractivity contribution >= 4 is 56.1 Å². The van der Waals surface area contributed by atoms with Crippen LogP contribution in [0.4, 0.5) is 0 Å². The van der Waals surface area contributed by atoms with Crippen LogP contribution in [-0.2, 0) is 24.0 Å². The third-order valence-corrected chi connectivity index (χ3v) is 9.52. The molecule has 8 nitrogen and oxygen atoms in total. The number of hydrogen-bond acceptors (Lipinski definition) is 6. The molecule has 1 fully saturated rings. The van der Waals surface area contributed by atoms with E-state index >= 15 is 0 Å². The number of hydrogen-bond donors (Lipinski definition) is 2. The number of ketones is 2. The molecule has 0 bridgehead atoms. The van der Waals surface area contributed by atoms with Crippen LogP contribution < -0.4 is 0 Å². The maximum Gasteiger partial charge on any atom is 0.303 e. The predicted molar refractivity (Wildman–Crippen MR) is 153 cm³/mol. The number of Topliss-reactive ketones (excluding diaryl/α,β-unsaturated/α-hetero) is 1. The second kappa shape index (κ2) is 10.5. The Hall–Kier alpha value is -3.85. The minimum absolute atomic E-state index is 0.00472. The van der Waals surface area contributed by atoms with Crippen molar-refractivity contribution in [3.8, 4) is 5.75 Å². The van der Waals surface area contributed by atoms with E-state index in [1.807, 2.05) is 30.3 Å². The van der Waals surface area contributed by atoms with Gasteiger partial charge in [-0.15, -0.1) is 0 Å². The third kappa shape index (κ3) is 4.47. The molecule has 9 heteroatoms. The Kier molecular flexibility index (Phi) is 7.01. The van der Waals surface area contributed by atoms with Crippen LogP contribution >= 0.6 is 15.9 Å². The quantitative estimate of drug-likeness (QED) is 0.194.